The van der Waals surface area contributed by atoms with Crippen molar-refractivity contribution in [3.8, 4) is 5.75 Å². The quantitative estimate of drug-likeness (QED) is 0.479. The Labute approximate surface area is 116 Å². The van der Waals surface area contributed by atoms with E-state index in [2.05, 4.69) is 4.98 Å². The number of methoxy groups -OCH3 is 1. The lowest BCUT2D eigenvalue weighted by Gasteiger charge is -2.08. The van der Waals surface area contributed by atoms with Crippen molar-refractivity contribution in [1.29, 1.82) is 0 Å². The third-order valence-electron chi connectivity index (χ3n) is 2.67. The predicted octanol–water partition coefficient (Wildman–Crippen LogP) is 3.03. The number of aromatic nitrogens is 1. The van der Waals surface area contributed by atoms with Gasteiger partial charge in [-0.2, -0.15) is 0 Å². The van der Waals surface area contributed by atoms with E-state index in [4.69, 9.17) is 21.1 Å². The first-order valence-electron chi connectivity index (χ1n) is 5.92. The zero-order valence-corrected chi connectivity index (χ0v) is 11.3. The van der Waals surface area contributed by atoms with Crippen LogP contribution in [0.2, 0.25) is 0 Å². The molecule has 0 fully saturated rings. The Hall–Kier alpha value is -1.81. The molecule has 0 aliphatic rings. The molecule has 1 aromatic heterocycles. The van der Waals surface area contributed by atoms with Gasteiger partial charge in [0.25, 0.3) is 0 Å². The summed E-state index contributed by atoms with van der Waals surface area (Å²) in [5, 5.41) is 0.720. The molecule has 0 aliphatic heterocycles. The molecule has 0 unspecified atom stereocenters. The van der Waals surface area contributed by atoms with Crippen LogP contribution in [-0.2, 0) is 4.74 Å². The number of nitrogens with zero attached hydrogens (tertiary/aromatic N) is 1. The average Bonchev–Trinajstić information content (AvgIpc) is 2.46. The van der Waals surface area contributed by atoms with Gasteiger partial charge in [-0.25, -0.2) is 4.79 Å². The average molecular weight is 280 g/mol. The first kappa shape index (κ1) is 13.6. The molecule has 2 rings (SSSR count). The van der Waals surface area contributed by atoms with Crippen LogP contribution in [-0.4, -0.2) is 30.5 Å². The molecule has 0 saturated carbocycles. The van der Waals surface area contributed by atoms with Crippen molar-refractivity contribution in [2.45, 2.75) is 6.42 Å². The van der Waals surface area contributed by atoms with Crippen molar-refractivity contribution < 1.29 is 14.3 Å². The summed E-state index contributed by atoms with van der Waals surface area (Å²) in [6.07, 6.45) is 2.36. The molecule has 0 aliphatic carbocycles. The number of hydrogen-bond acceptors (Lipinski definition) is 4. The second-order valence-corrected chi connectivity index (χ2v) is 4.30. The summed E-state index contributed by atoms with van der Waals surface area (Å²) in [6.45, 7) is 0.544. The van der Waals surface area contributed by atoms with E-state index in [1.165, 1.54) is 7.11 Å². The topological polar surface area (TPSA) is 48.4 Å². The van der Waals surface area contributed by atoms with Gasteiger partial charge in [-0.05, 0) is 30.7 Å². The fraction of sp³-hybridized carbons (Fsp3) is 0.286. The van der Waals surface area contributed by atoms with Crippen LogP contribution in [0.15, 0.2) is 30.5 Å². The normalized spacial score (nSPS) is 10.4. The van der Waals surface area contributed by atoms with Crippen LogP contribution in [0.5, 0.6) is 5.75 Å². The molecule has 5 heteroatoms. The van der Waals surface area contributed by atoms with Crippen LogP contribution in [0.3, 0.4) is 0 Å². The smallest absolute Gasteiger partial charge is 0.338 e. The van der Waals surface area contributed by atoms with Crippen molar-refractivity contribution >= 4 is 28.5 Å². The summed E-state index contributed by atoms with van der Waals surface area (Å²) in [5.41, 5.74) is 1.21. The van der Waals surface area contributed by atoms with E-state index >= 15 is 0 Å². The molecule has 100 valence electrons. The first-order valence-corrected chi connectivity index (χ1v) is 6.45. The van der Waals surface area contributed by atoms with Gasteiger partial charge in [0.15, 0.2) is 0 Å². The molecule has 2 aromatic rings. The molecular formula is C14H14ClNO3. The zero-order chi connectivity index (χ0) is 13.7. The zero-order valence-electron chi connectivity index (χ0n) is 10.6. The Kier molecular flexibility index (Phi) is 4.58. The van der Waals surface area contributed by atoms with Gasteiger partial charge in [0, 0.05) is 17.5 Å². The number of alkyl halides is 1. The summed E-state index contributed by atoms with van der Waals surface area (Å²) < 4.78 is 10.3. The summed E-state index contributed by atoms with van der Waals surface area (Å²) in [4.78, 5) is 15.9. The standard InChI is InChI=1S/C14H14ClNO3/c1-18-14(17)11-5-7-16-13-4-3-10(9-12(11)13)19-8-2-6-15/h3-5,7,9H,2,6,8H2,1H3. The fourth-order valence-corrected chi connectivity index (χ4v) is 1.86. The van der Waals surface area contributed by atoms with Crippen LogP contribution >= 0.6 is 11.6 Å². The van der Waals surface area contributed by atoms with Crippen molar-refractivity contribution in [2.75, 3.05) is 19.6 Å². The lowest BCUT2D eigenvalue weighted by atomic mass is 10.1. The summed E-state index contributed by atoms with van der Waals surface area (Å²) in [6, 6.07) is 7.07. The van der Waals surface area contributed by atoms with Gasteiger partial charge in [-0.15, -0.1) is 11.6 Å². The van der Waals surface area contributed by atoms with E-state index in [0.29, 0.717) is 23.8 Å². The van der Waals surface area contributed by atoms with Gasteiger partial charge in [0.05, 0.1) is 24.8 Å². The van der Waals surface area contributed by atoms with Crippen LogP contribution in [0.25, 0.3) is 10.9 Å². The Morgan fingerprint density at radius 1 is 1.37 bits per heavy atom. The Bertz CT molecular complexity index is 586. The van der Waals surface area contributed by atoms with Gasteiger partial charge in [0.2, 0.25) is 0 Å². The van der Waals surface area contributed by atoms with Crippen molar-refractivity contribution in [3.63, 3.8) is 0 Å². The van der Waals surface area contributed by atoms with E-state index in [1.54, 1.807) is 18.3 Å². The van der Waals surface area contributed by atoms with Crippen molar-refractivity contribution in [3.05, 3.63) is 36.0 Å². The van der Waals surface area contributed by atoms with Gasteiger partial charge in [0.1, 0.15) is 5.75 Å². The minimum atomic E-state index is -0.384. The van der Waals surface area contributed by atoms with E-state index in [9.17, 15) is 4.79 Å². The van der Waals surface area contributed by atoms with E-state index in [0.717, 1.165) is 17.3 Å². The molecular weight excluding hydrogens is 266 g/mol. The first-order chi connectivity index (χ1) is 9.26. The Morgan fingerprint density at radius 3 is 2.95 bits per heavy atom. The third kappa shape index (κ3) is 3.15. The lowest BCUT2D eigenvalue weighted by Crippen LogP contribution is -2.03. The predicted molar refractivity (Wildman–Crippen MR) is 73.9 cm³/mol. The van der Waals surface area contributed by atoms with Gasteiger partial charge in [-0.3, -0.25) is 4.98 Å². The minimum Gasteiger partial charge on any atom is -0.494 e. The van der Waals surface area contributed by atoms with Crippen LogP contribution < -0.4 is 4.74 Å². The largest absolute Gasteiger partial charge is 0.494 e. The number of ether oxygens (including phenoxy) is 2. The van der Waals surface area contributed by atoms with Crippen molar-refractivity contribution in [2.24, 2.45) is 0 Å². The molecule has 0 bridgehead atoms. The van der Waals surface area contributed by atoms with E-state index in [-0.39, 0.29) is 5.97 Å². The van der Waals surface area contributed by atoms with Crippen LogP contribution in [0.4, 0.5) is 0 Å². The molecule has 0 N–H and O–H groups in total. The highest BCUT2D eigenvalue weighted by molar-refractivity contribution is 6.17. The van der Waals surface area contributed by atoms with Crippen LogP contribution in [0.1, 0.15) is 16.8 Å². The molecule has 1 heterocycles. The number of halogens is 1. The molecule has 0 atom stereocenters. The highest BCUT2D eigenvalue weighted by atomic mass is 35.5. The monoisotopic (exact) mass is 279 g/mol. The number of hydrogen-bond donors (Lipinski definition) is 0. The molecule has 0 spiro atoms. The number of rotatable bonds is 5. The molecule has 0 amide bonds. The van der Waals surface area contributed by atoms with Crippen molar-refractivity contribution in [1.82, 2.24) is 4.98 Å². The third-order valence-corrected chi connectivity index (χ3v) is 2.93. The molecule has 0 saturated heterocycles. The molecule has 1 aromatic carbocycles. The lowest BCUT2D eigenvalue weighted by molar-refractivity contribution is 0.0603. The molecule has 19 heavy (non-hydrogen) atoms. The molecule has 0 radical (unpaired) electrons. The second-order valence-electron chi connectivity index (χ2n) is 3.92. The van der Waals surface area contributed by atoms with Gasteiger partial charge >= 0.3 is 5.97 Å². The maximum Gasteiger partial charge on any atom is 0.338 e. The van der Waals surface area contributed by atoms with Gasteiger partial charge < -0.3 is 9.47 Å². The Balaban J connectivity index is 2.36. The number of carbonyl (C=O) groups excluding carboxylic acids is 1. The van der Waals surface area contributed by atoms with E-state index < -0.39 is 0 Å². The number of benzene rings is 1. The number of fused-ring (bicyclic) bond motifs is 1. The number of esters is 1. The van der Waals surface area contributed by atoms with E-state index in [1.807, 2.05) is 12.1 Å². The van der Waals surface area contributed by atoms with Gasteiger partial charge in [-0.1, -0.05) is 0 Å². The maximum atomic E-state index is 11.7. The number of carbonyl (C=O) groups is 1. The highest BCUT2D eigenvalue weighted by Crippen LogP contribution is 2.23. The van der Waals surface area contributed by atoms with Crippen LogP contribution in [0, 0.1) is 0 Å². The SMILES string of the molecule is COC(=O)c1ccnc2ccc(OCCCCl)cc12. The second kappa shape index (κ2) is 6.38. The molecule has 4 nitrogen and oxygen atoms in total. The maximum absolute atomic E-state index is 11.7. The Morgan fingerprint density at radius 2 is 2.21 bits per heavy atom. The summed E-state index contributed by atoms with van der Waals surface area (Å²) >= 11 is 5.60. The highest BCUT2D eigenvalue weighted by Gasteiger charge is 2.11. The number of pyridine rings is 1. The summed E-state index contributed by atoms with van der Waals surface area (Å²) in [7, 11) is 1.36. The fourth-order valence-electron chi connectivity index (χ4n) is 1.75. The minimum absolute atomic E-state index is 0.384. The summed E-state index contributed by atoms with van der Waals surface area (Å²) in [5.74, 6) is 0.865.